The maximum atomic E-state index is 12.4. The van der Waals surface area contributed by atoms with Crippen LogP contribution in [-0.4, -0.2) is 17.4 Å². The lowest BCUT2D eigenvalue weighted by Crippen LogP contribution is -2.27. The summed E-state index contributed by atoms with van der Waals surface area (Å²) in [6.07, 6.45) is 2.29. The van der Waals surface area contributed by atoms with Crippen molar-refractivity contribution in [1.82, 2.24) is 4.98 Å². The molecule has 0 saturated heterocycles. The van der Waals surface area contributed by atoms with Crippen molar-refractivity contribution in [2.24, 2.45) is 5.41 Å². The molecule has 0 aliphatic heterocycles. The molecule has 104 valence electrons. The zero-order valence-corrected chi connectivity index (χ0v) is 11.9. The van der Waals surface area contributed by atoms with E-state index in [2.05, 4.69) is 4.98 Å². The average Bonchev–Trinajstić information content (AvgIpc) is 2.48. The molecule has 0 saturated carbocycles. The molecule has 0 amide bonds. The van der Waals surface area contributed by atoms with Gasteiger partial charge >= 0.3 is 0 Å². The molecule has 1 aromatic heterocycles. The second-order valence-electron chi connectivity index (χ2n) is 5.34. The van der Waals surface area contributed by atoms with Gasteiger partial charge in [0.1, 0.15) is 11.4 Å². The Labute approximate surface area is 119 Å². The van der Waals surface area contributed by atoms with Crippen molar-refractivity contribution in [3.05, 3.63) is 60.4 Å². The molecule has 0 N–H and O–H groups in total. The van der Waals surface area contributed by atoms with E-state index in [1.54, 1.807) is 12.3 Å². The molecule has 3 heteroatoms. The quantitative estimate of drug-likeness (QED) is 0.749. The summed E-state index contributed by atoms with van der Waals surface area (Å²) in [4.78, 5) is 16.5. The third-order valence-electron chi connectivity index (χ3n) is 3.25. The van der Waals surface area contributed by atoms with Crippen LogP contribution in [0.25, 0.3) is 0 Å². The van der Waals surface area contributed by atoms with E-state index in [4.69, 9.17) is 4.74 Å². The molecule has 20 heavy (non-hydrogen) atoms. The Balaban J connectivity index is 1.92. The van der Waals surface area contributed by atoms with Crippen LogP contribution in [0.3, 0.4) is 0 Å². The third-order valence-corrected chi connectivity index (χ3v) is 3.25. The van der Waals surface area contributed by atoms with E-state index in [1.807, 2.05) is 56.3 Å². The number of Topliss-reactive ketones (excluding diaryl/α,β-unsaturated/α-hetero) is 1. The number of nitrogens with zero attached hydrogens (tertiary/aromatic N) is 1. The molecule has 0 spiro atoms. The van der Waals surface area contributed by atoms with Crippen LogP contribution in [0.4, 0.5) is 0 Å². The average molecular weight is 269 g/mol. The van der Waals surface area contributed by atoms with Gasteiger partial charge in [0.15, 0.2) is 5.78 Å². The Bertz CT molecular complexity index is 550. The van der Waals surface area contributed by atoms with Crippen molar-refractivity contribution in [1.29, 1.82) is 0 Å². The largest absolute Gasteiger partial charge is 0.494 e. The number of hydrogen-bond donors (Lipinski definition) is 0. The lowest BCUT2D eigenvalue weighted by molar-refractivity contribution is 0.0796. The first-order chi connectivity index (χ1) is 9.59. The Hall–Kier alpha value is -2.16. The highest BCUT2D eigenvalue weighted by atomic mass is 16.5. The van der Waals surface area contributed by atoms with Gasteiger partial charge in [-0.05, 0) is 30.7 Å². The molecule has 0 aliphatic rings. The number of pyridine rings is 1. The molecule has 0 aliphatic carbocycles. The fraction of sp³-hybridized carbons (Fsp3) is 0.294. The van der Waals surface area contributed by atoms with Gasteiger partial charge in [-0.1, -0.05) is 38.1 Å². The number of carbonyl (C=O) groups excluding carboxylic acids is 1. The first kappa shape index (κ1) is 14.3. The summed E-state index contributed by atoms with van der Waals surface area (Å²) in [5.74, 6) is 0.878. The monoisotopic (exact) mass is 269 g/mol. The molecule has 0 atom stereocenters. The highest BCUT2D eigenvalue weighted by Crippen LogP contribution is 2.25. The predicted octanol–water partition coefficient (Wildman–Crippen LogP) is 3.76. The number of hydrogen-bond acceptors (Lipinski definition) is 3. The van der Waals surface area contributed by atoms with Gasteiger partial charge in [0, 0.05) is 11.6 Å². The summed E-state index contributed by atoms with van der Waals surface area (Å²) in [6, 6.07) is 15.0. The molecule has 0 bridgehead atoms. The van der Waals surface area contributed by atoms with Crippen LogP contribution in [0.15, 0.2) is 54.7 Å². The Morgan fingerprint density at radius 1 is 1.10 bits per heavy atom. The highest BCUT2D eigenvalue weighted by Gasteiger charge is 2.29. The second kappa shape index (κ2) is 6.33. The number of benzene rings is 1. The fourth-order valence-corrected chi connectivity index (χ4v) is 1.90. The molecule has 3 nitrogen and oxygen atoms in total. The summed E-state index contributed by atoms with van der Waals surface area (Å²) in [5.41, 5.74) is 0.0283. The van der Waals surface area contributed by atoms with E-state index in [-0.39, 0.29) is 5.78 Å². The Kier molecular flexibility index (Phi) is 4.51. The van der Waals surface area contributed by atoms with Gasteiger partial charge in [0.05, 0.1) is 6.61 Å². The van der Waals surface area contributed by atoms with Gasteiger partial charge in [0.25, 0.3) is 0 Å². The number of para-hydroxylation sites is 1. The van der Waals surface area contributed by atoms with Crippen LogP contribution < -0.4 is 4.74 Å². The topological polar surface area (TPSA) is 39.2 Å². The van der Waals surface area contributed by atoms with Crippen molar-refractivity contribution < 1.29 is 9.53 Å². The van der Waals surface area contributed by atoms with Crippen LogP contribution in [0.1, 0.15) is 30.8 Å². The van der Waals surface area contributed by atoms with E-state index in [1.165, 1.54) is 0 Å². The SMILES string of the molecule is CC(C)(CCOc1ccccc1)C(=O)c1ccccn1. The summed E-state index contributed by atoms with van der Waals surface area (Å²) < 4.78 is 5.66. The smallest absolute Gasteiger partial charge is 0.186 e. The van der Waals surface area contributed by atoms with E-state index >= 15 is 0 Å². The van der Waals surface area contributed by atoms with Crippen LogP contribution in [0, 0.1) is 5.41 Å². The fourth-order valence-electron chi connectivity index (χ4n) is 1.90. The molecular weight excluding hydrogens is 250 g/mol. The lowest BCUT2D eigenvalue weighted by atomic mass is 9.83. The van der Waals surface area contributed by atoms with Crippen LogP contribution in [0.5, 0.6) is 5.75 Å². The number of carbonyl (C=O) groups is 1. The predicted molar refractivity (Wildman–Crippen MR) is 78.9 cm³/mol. The summed E-state index contributed by atoms with van der Waals surface area (Å²) in [6.45, 7) is 4.37. The van der Waals surface area contributed by atoms with Crippen molar-refractivity contribution >= 4 is 5.78 Å². The van der Waals surface area contributed by atoms with Crippen LogP contribution in [-0.2, 0) is 0 Å². The zero-order valence-electron chi connectivity index (χ0n) is 11.9. The van der Waals surface area contributed by atoms with Gasteiger partial charge in [-0.25, -0.2) is 0 Å². The zero-order chi connectivity index (χ0) is 14.4. The number of aromatic nitrogens is 1. The summed E-state index contributed by atoms with van der Waals surface area (Å²) >= 11 is 0. The summed E-state index contributed by atoms with van der Waals surface area (Å²) in [5, 5.41) is 0. The molecule has 0 fully saturated rings. The van der Waals surface area contributed by atoms with Gasteiger partial charge in [-0.3, -0.25) is 9.78 Å². The van der Waals surface area contributed by atoms with E-state index in [9.17, 15) is 4.79 Å². The first-order valence-corrected chi connectivity index (χ1v) is 6.73. The number of ether oxygens (including phenoxy) is 1. The first-order valence-electron chi connectivity index (χ1n) is 6.73. The van der Waals surface area contributed by atoms with E-state index in [0.29, 0.717) is 18.7 Å². The number of rotatable bonds is 6. The molecule has 0 radical (unpaired) electrons. The minimum Gasteiger partial charge on any atom is -0.494 e. The maximum absolute atomic E-state index is 12.4. The second-order valence-corrected chi connectivity index (χ2v) is 5.34. The van der Waals surface area contributed by atoms with Gasteiger partial charge in [-0.2, -0.15) is 0 Å². The van der Waals surface area contributed by atoms with E-state index < -0.39 is 5.41 Å². The number of ketones is 1. The van der Waals surface area contributed by atoms with Crippen molar-refractivity contribution in [3.63, 3.8) is 0 Å². The lowest BCUT2D eigenvalue weighted by Gasteiger charge is -2.22. The summed E-state index contributed by atoms with van der Waals surface area (Å²) in [7, 11) is 0. The highest BCUT2D eigenvalue weighted by molar-refractivity contribution is 5.98. The molecule has 1 aromatic carbocycles. The van der Waals surface area contributed by atoms with Crippen molar-refractivity contribution in [3.8, 4) is 5.75 Å². The minimum atomic E-state index is -0.483. The van der Waals surface area contributed by atoms with Gasteiger partial charge < -0.3 is 4.74 Å². The van der Waals surface area contributed by atoms with Gasteiger partial charge in [0.2, 0.25) is 0 Å². The van der Waals surface area contributed by atoms with Crippen LogP contribution >= 0.6 is 0 Å². The standard InChI is InChI=1S/C17H19NO2/c1-17(2,16(19)15-10-6-7-12-18-15)11-13-20-14-8-4-3-5-9-14/h3-10,12H,11,13H2,1-2H3. The van der Waals surface area contributed by atoms with Crippen molar-refractivity contribution in [2.45, 2.75) is 20.3 Å². The van der Waals surface area contributed by atoms with Crippen LogP contribution in [0.2, 0.25) is 0 Å². The van der Waals surface area contributed by atoms with Gasteiger partial charge in [-0.15, -0.1) is 0 Å². The normalized spacial score (nSPS) is 11.1. The molecule has 1 heterocycles. The maximum Gasteiger partial charge on any atom is 0.186 e. The van der Waals surface area contributed by atoms with E-state index in [0.717, 1.165) is 5.75 Å². The third kappa shape index (κ3) is 3.67. The molecule has 0 unspecified atom stereocenters. The molecular formula is C17H19NO2. The minimum absolute atomic E-state index is 0.0507. The Morgan fingerprint density at radius 3 is 2.45 bits per heavy atom. The van der Waals surface area contributed by atoms with Crippen molar-refractivity contribution in [2.75, 3.05) is 6.61 Å². The molecule has 2 rings (SSSR count). The molecule has 2 aromatic rings. The Morgan fingerprint density at radius 2 is 1.80 bits per heavy atom.